The fourth-order valence-corrected chi connectivity index (χ4v) is 3.90. The minimum atomic E-state index is -0.441. The molecule has 0 fully saturated rings. The van der Waals surface area contributed by atoms with Crippen molar-refractivity contribution in [1.82, 2.24) is 4.90 Å². The molecule has 0 saturated heterocycles. The number of unbranched alkanes of at least 4 members (excludes halogenated alkanes) is 6. The monoisotopic (exact) mass is 501 g/mol. The van der Waals surface area contributed by atoms with Gasteiger partial charge in [0.25, 0.3) is 0 Å². The van der Waals surface area contributed by atoms with Crippen LogP contribution in [0.1, 0.15) is 118 Å². The second kappa shape index (κ2) is 24.8. The number of carbonyl (C=O) groups is 1. The Hall–Kier alpha value is -0.850. The standard InChI is InChI=1S/C29H59NO5/c1-6-28(25-31)35-29(32)30(19-15-23-33-21-13-9-7-11-17-26(2)3)20-16-24-34-22-14-10-8-12-18-27(4)5/h26-28,31H,6-25H2,1-5H3. The fraction of sp³-hybridized carbons (Fsp3) is 0.966. The van der Waals surface area contributed by atoms with Crippen LogP contribution in [-0.4, -0.2) is 68.3 Å². The lowest BCUT2D eigenvalue weighted by Crippen LogP contribution is -2.37. The van der Waals surface area contributed by atoms with Gasteiger partial charge in [0.2, 0.25) is 0 Å². The molecule has 0 radical (unpaired) electrons. The van der Waals surface area contributed by atoms with Gasteiger partial charge >= 0.3 is 6.09 Å². The van der Waals surface area contributed by atoms with E-state index in [1.807, 2.05) is 6.92 Å². The van der Waals surface area contributed by atoms with Crippen LogP contribution in [0.15, 0.2) is 0 Å². The average Bonchev–Trinajstić information content (AvgIpc) is 2.82. The Balaban J connectivity index is 4.04. The summed E-state index contributed by atoms with van der Waals surface area (Å²) in [5.74, 6) is 1.59. The Bertz CT molecular complexity index is 426. The summed E-state index contributed by atoms with van der Waals surface area (Å²) < 4.78 is 17.0. The Labute approximate surface area is 217 Å². The van der Waals surface area contributed by atoms with Crippen LogP contribution < -0.4 is 0 Å². The number of hydrogen-bond acceptors (Lipinski definition) is 5. The van der Waals surface area contributed by atoms with E-state index in [0.29, 0.717) is 32.7 Å². The average molecular weight is 502 g/mol. The van der Waals surface area contributed by atoms with Gasteiger partial charge in [-0.05, 0) is 43.9 Å². The van der Waals surface area contributed by atoms with E-state index in [2.05, 4.69) is 27.7 Å². The molecule has 1 N–H and O–H groups in total. The molecule has 6 heteroatoms. The zero-order chi connectivity index (χ0) is 26.2. The number of aliphatic hydroxyl groups excluding tert-OH is 1. The molecule has 0 aromatic heterocycles. The van der Waals surface area contributed by atoms with Crippen molar-refractivity contribution in [3.8, 4) is 0 Å². The molecule has 0 aromatic rings. The maximum atomic E-state index is 12.6. The lowest BCUT2D eigenvalue weighted by molar-refractivity contribution is 0.0271. The zero-order valence-corrected chi connectivity index (χ0v) is 23.9. The molecule has 0 saturated carbocycles. The van der Waals surface area contributed by atoms with Gasteiger partial charge in [-0.25, -0.2) is 4.79 Å². The normalized spacial score (nSPS) is 12.5. The molecule has 35 heavy (non-hydrogen) atoms. The molecule has 0 heterocycles. The quantitative estimate of drug-likeness (QED) is 0.134. The van der Waals surface area contributed by atoms with Crippen molar-refractivity contribution in [2.45, 2.75) is 124 Å². The van der Waals surface area contributed by atoms with E-state index in [1.165, 1.54) is 51.4 Å². The van der Waals surface area contributed by atoms with Gasteiger partial charge in [0.05, 0.1) is 6.61 Å². The first-order valence-electron chi connectivity index (χ1n) is 14.6. The Morgan fingerprint density at radius 1 is 0.686 bits per heavy atom. The van der Waals surface area contributed by atoms with Crippen LogP contribution in [0.3, 0.4) is 0 Å². The molecule has 1 unspecified atom stereocenters. The third kappa shape index (κ3) is 23.3. The predicted molar refractivity (Wildman–Crippen MR) is 146 cm³/mol. The van der Waals surface area contributed by atoms with Crippen molar-refractivity contribution >= 4 is 6.09 Å². The number of carbonyl (C=O) groups excluding carboxylic acids is 1. The Morgan fingerprint density at radius 2 is 1.11 bits per heavy atom. The molecule has 1 atom stereocenters. The largest absolute Gasteiger partial charge is 0.444 e. The molecular weight excluding hydrogens is 442 g/mol. The summed E-state index contributed by atoms with van der Waals surface area (Å²) in [5.41, 5.74) is 0. The van der Waals surface area contributed by atoms with Crippen LogP contribution in [0.4, 0.5) is 4.79 Å². The first-order chi connectivity index (χ1) is 16.9. The van der Waals surface area contributed by atoms with Gasteiger partial charge in [-0.3, -0.25) is 0 Å². The highest BCUT2D eigenvalue weighted by Crippen LogP contribution is 2.11. The maximum Gasteiger partial charge on any atom is 0.410 e. The van der Waals surface area contributed by atoms with Gasteiger partial charge in [-0.2, -0.15) is 0 Å². The third-order valence-electron chi connectivity index (χ3n) is 6.26. The molecule has 0 spiro atoms. The molecule has 6 nitrogen and oxygen atoms in total. The number of hydrogen-bond donors (Lipinski definition) is 1. The number of amides is 1. The molecule has 0 aliphatic rings. The Kier molecular flexibility index (Phi) is 24.2. The van der Waals surface area contributed by atoms with Gasteiger partial charge in [-0.1, -0.05) is 86.0 Å². The minimum Gasteiger partial charge on any atom is -0.444 e. The van der Waals surface area contributed by atoms with Gasteiger partial charge in [0.15, 0.2) is 0 Å². The van der Waals surface area contributed by atoms with Crippen LogP contribution in [0.5, 0.6) is 0 Å². The van der Waals surface area contributed by atoms with E-state index in [4.69, 9.17) is 14.2 Å². The van der Waals surface area contributed by atoms with Crippen LogP contribution in [0.2, 0.25) is 0 Å². The van der Waals surface area contributed by atoms with Crippen LogP contribution in [0.25, 0.3) is 0 Å². The van der Waals surface area contributed by atoms with E-state index in [0.717, 1.165) is 50.7 Å². The summed E-state index contributed by atoms with van der Waals surface area (Å²) in [6, 6.07) is 0. The molecule has 0 bridgehead atoms. The number of nitrogens with zero attached hydrogens (tertiary/aromatic N) is 1. The van der Waals surface area contributed by atoms with Gasteiger partial charge < -0.3 is 24.2 Å². The molecule has 210 valence electrons. The molecule has 0 aliphatic heterocycles. The summed E-state index contributed by atoms with van der Waals surface area (Å²) in [7, 11) is 0. The van der Waals surface area contributed by atoms with E-state index in [9.17, 15) is 9.90 Å². The van der Waals surface area contributed by atoms with E-state index >= 15 is 0 Å². The number of rotatable bonds is 25. The lowest BCUT2D eigenvalue weighted by Gasteiger charge is -2.24. The second-order valence-electron chi connectivity index (χ2n) is 10.7. The highest BCUT2D eigenvalue weighted by molar-refractivity contribution is 5.67. The van der Waals surface area contributed by atoms with E-state index in [1.54, 1.807) is 4.90 Å². The predicted octanol–water partition coefficient (Wildman–Crippen LogP) is 7.22. The number of aliphatic hydroxyl groups is 1. The van der Waals surface area contributed by atoms with E-state index in [-0.39, 0.29) is 12.7 Å². The molecule has 0 rings (SSSR count). The van der Waals surface area contributed by atoms with Gasteiger partial charge in [-0.15, -0.1) is 0 Å². The first-order valence-corrected chi connectivity index (χ1v) is 14.6. The van der Waals surface area contributed by atoms with Crippen LogP contribution in [-0.2, 0) is 14.2 Å². The number of ether oxygens (including phenoxy) is 3. The van der Waals surface area contributed by atoms with E-state index < -0.39 is 6.10 Å². The first kappa shape index (κ1) is 34.1. The van der Waals surface area contributed by atoms with Gasteiger partial charge in [0, 0.05) is 39.5 Å². The molecule has 1 amide bonds. The second-order valence-corrected chi connectivity index (χ2v) is 10.7. The van der Waals surface area contributed by atoms with Crippen LogP contribution in [0, 0.1) is 11.8 Å². The van der Waals surface area contributed by atoms with Crippen molar-refractivity contribution < 1.29 is 24.1 Å². The maximum absolute atomic E-state index is 12.6. The van der Waals surface area contributed by atoms with Gasteiger partial charge in [0.1, 0.15) is 6.10 Å². The zero-order valence-electron chi connectivity index (χ0n) is 23.9. The van der Waals surface area contributed by atoms with Crippen molar-refractivity contribution in [1.29, 1.82) is 0 Å². The summed E-state index contributed by atoms with van der Waals surface area (Å²) in [6.45, 7) is 15.0. The topological polar surface area (TPSA) is 68.2 Å². The summed E-state index contributed by atoms with van der Waals surface area (Å²) in [4.78, 5) is 14.4. The summed E-state index contributed by atoms with van der Waals surface area (Å²) >= 11 is 0. The summed E-state index contributed by atoms with van der Waals surface area (Å²) in [5, 5.41) is 9.38. The highest BCUT2D eigenvalue weighted by atomic mass is 16.6. The fourth-order valence-electron chi connectivity index (χ4n) is 3.90. The SMILES string of the molecule is CCC(CO)OC(=O)N(CCCOCCCCCCC(C)C)CCCOCCCCCCC(C)C. The molecule has 0 aliphatic carbocycles. The van der Waals surface area contributed by atoms with Crippen molar-refractivity contribution in [3.05, 3.63) is 0 Å². The smallest absolute Gasteiger partial charge is 0.410 e. The van der Waals surface area contributed by atoms with Crippen LogP contribution >= 0.6 is 0 Å². The molecule has 0 aromatic carbocycles. The Morgan fingerprint density at radius 3 is 1.51 bits per heavy atom. The van der Waals surface area contributed by atoms with Crippen molar-refractivity contribution in [2.75, 3.05) is 46.1 Å². The third-order valence-corrected chi connectivity index (χ3v) is 6.26. The minimum absolute atomic E-state index is 0.142. The van der Waals surface area contributed by atoms with Crippen molar-refractivity contribution in [2.24, 2.45) is 11.8 Å². The van der Waals surface area contributed by atoms with Crippen molar-refractivity contribution in [3.63, 3.8) is 0 Å². The highest BCUT2D eigenvalue weighted by Gasteiger charge is 2.18. The summed E-state index contributed by atoms with van der Waals surface area (Å²) in [6.07, 6.45) is 13.9. The lowest BCUT2D eigenvalue weighted by atomic mass is 10.0. The molecular formula is C29H59NO5.